The third-order valence-corrected chi connectivity index (χ3v) is 6.68. The Balaban J connectivity index is 1.91. The van der Waals surface area contributed by atoms with Crippen molar-refractivity contribution < 1.29 is 14.7 Å². The number of amides is 2. The van der Waals surface area contributed by atoms with E-state index in [0.717, 1.165) is 21.7 Å². The Morgan fingerprint density at radius 1 is 1.16 bits per heavy atom. The molecule has 3 rings (SSSR count). The zero-order valence-electron chi connectivity index (χ0n) is 19.0. The number of carbonyl (C=O) groups is 2. The van der Waals surface area contributed by atoms with Gasteiger partial charge in [0, 0.05) is 13.2 Å². The molecule has 0 saturated heterocycles. The Morgan fingerprint density at radius 3 is 2.41 bits per heavy atom. The SMILES string of the molecule is Cc1cc(C(=O)NC(Cc2ccccc2)C(NC(=O)O)C(C)(C)C)sc1-c1ccnn1C. The quantitative estimate of drug-likeness (QED) is 0.490. The number of thiophene rings is 1. The molecule has 2 atom stereocenters. The largest absolute Gasteiger partial charge is 0.465 e. The summed E-state index contributed by atoms with van der Waals surface area (Å²) in [6.45, 7) is 7.87. The van der Waals surface area contributed by atoms with Gasteiger partial charge < -0.3 is 15.7 Å². The monoisotopic (exact) mass is 454 g/mol. The van der Waals surface area contributed by atoms with E-state index in [-0.39, 0.29) is 5.91 Å². The standard InChI is InChI=1S/C24H30N4O3S/c1-15-13-19(32-20(15)18-11-12-25-28(18)5)22(29)26-17(14-16-9-7-6-8-10-16)21(24(2,3)4)27-23(30)31/h6-13,17,21,27H,14H2,1-5H3,(H,26,29)(H,30,31). The van der Waals surface area contributed by atoms with Crippen molar-refractivity contribution in [2.24, 2.45) is 12.5 Å². The van der Waals surface area contributed by atoms with Crippen molar-refractivity contribution >= 4 is 23.3 Å². The highest BCUT2D eigenvalue weighted by atomic mass is 32.1. The normalized spacial score (nSPS) is 13.4. The Bertz CT molecular complexity index is 1080. The van der Waals surface area contributed by atoms with E-state index in [1.807, 2.05) is 77.2 Å². The summed E-state index contributed by atoms with van der Waals surface area (Å²) in [5, 5.41) is 19.4. The molecule has 0 aliphatic carbocycles. The fourth-order valence-electron chi connectivity index (χ4n) is 3.86. The van der Waals surface area contributed by atoms with Gasteiger partial charge in [-0.3, -0.25) is 9.48 Å². The van der Waals surface area contributed by atoms with Crippen molar-refractivity contribution in [3.05, 3.63) is 64.7 Å². The topological polar surface area (TPSA) is 96.2 Å². The van der Waals surface area contributed by atoms with Crippen LogP contribution in [0.1, 0.15) is 41.6 Å². The number of benzene rings is 1. The van der Waals surface area contributed by atoms with Crippen LogP contribution in [0, 0.1) is 12.3 Å². The maximum atomic E-state index is 13.3. The molecule has 2 heterocycles. The summed E-state index contributed by atoms with van der Waals surface area (Å²) in [6.07, 6.45) is 1.13. The number of hydrogen-bond acceptors (Lipinski definition) is 4. The molecule has 170 valence electrons. The first-order valence-electron chi connectivity index (χ1n) is 10.5. The van der Waals surface area contributed by atoms with Crippen molar-refractivity contribution in [1.29, 1.82) is 0 Å². The van der Waals surface area contributed by atoms with Gasteiger partial charge >= 0.3 is 6.09 Å². The van der Waals surface area contributed by atoms with Crippen LogP contribution in [0.3, 0.4) is 0 Å². The summed E-state index contributed by atoms with van der Waals surface area (Å²) < 4.78 is 1.78. The van der Waals surface area contributed by atoms with Gasteiger partial charge in [-0.15, -0.1) is 11.3 Å². The number of nitrogens with zero attached hydrogens (tertiary/aromatic N) is 2. The molecule has 2 amide bonds. The average Bonchev–Trinajstić information content (AvgIpc) is 3.30. The molecule has 2 unspecified atom stereocenters. The Morgan fingerprint density at radius 2 is 1.84 bits per heavy atom. The zero-order valence-corrected chi connectivity index (χ0v) is 19.9. The molecule has 0 spiro atoms. The first-order valence-corrected chi connectivity index (χ1v) is 11.3. The lowest BCUT2D eigenvalue weighted by Crippen LogP contribution is -2.58. The lowest BCUT2D eigenvalue weighted by atomic mass is 9.80. The van der Waals surface area contributed by atoms with Gasteiger partial charge in [0.1, 0.15) is 0 Å². The molecule has 0 fully saturated rings. The van der Waals surface area contributed by atoms with Crippen LogP contribution >= 0.6 is 11.3 Å². The molecule has 2 aromatic heterocycles. The van der Waals surface area contributed by atoms with Crippen LogP contribution in [-0.2, 0) is 13.5 Å². The second-order valence-corrected chi connectivity index (χ2v) is 10.1. The van der Waals surface area contributed by atoms with Gasteiger partial charge in [-0.1, -0.05) is 51.1 Å². The van der Waals surface area contributed by atoms with Crippen LogP contribution in [0.4, 0.5) is 4.79 Å². The van der Waals surface area contributed by atoms with Crippen LogP contribution < -0.4 is 10.6 Å². The summed E-state index contributed by atoms with van der Waals surface area (Å²) in [5.74, 6) is -0.214. The third-order valence-electron chi connectivity index (χ3n) is 5.42. The van der Waals surface area contributed by atoms with Gasteiger partial charge in [0.25, 0.3) is 5.91 Å². The van der Waals surface area contributed by atoms with Gasteiger partial charge in [0.05, 0.1) is 27.5 Å². The highest BCUT2D eigenvalue weighted by Crippen LogP contribution is 2.32. The first kappa shape index (κ1) is 23.5. The first-order chi connectivity index (χ1) is 15.1. The predicted octanol–water partition coefficient (Wildman–Crippen LogP) is 4.48. The van der Waals surface area contributed by atoms with Gasteiger partial charge in [-0.2, -0.15) is 5.10 Å². The van der Waals surface area contributed by atoms with Crippen molar-refractivity contribution in [3.8, 4) is 10.6 Å². The predicted molar refractivity (Wildman–Crippen MR) is 127 cm³/mol. The summed E-state index contributed by atoms with van der Waals surface area (Å²) in [7, 11) is 1.87. The molecule has 7 nitrogen and oxygen atoms in total. The smallest absolute Gasteiger partial charge is 0.404 e. The van der Waals surface area contributed by atoms with E-state index in [1.165, 1.54) is 11.3 Å². The minimum absolute atomic E-state index is 0.214. The Hall–Kier alpha value is -3.13. The Labute approximate surface area is 192 Å². The molecule has 8 heteroatoms. The number of aryl methyl sites for hydroxylation is 2. The maximum absolute atomic E-state index is 13.3. The van der Waals surface area contributed by atoms with Crippen LogP contribution in [0.25, 0.3) is 10.6 Å². The fourth-order valence-corrected chi connectivity index (χ4v) is 4.99. The summed E-state index contributed by atoms with van der Waals surface area (Å²) in [6, 6.07) is 12.7. The van der Waals surface area contributed by atoms with E-state index in [4.69, 9.17) is 0 Å². The van der Waals surface area contributed by atoms with Crippen molar-refractivity contribution in [2.45, 2.75) is 46.2 Å². The minimum atomic E-state index is -1.11. The zero-order chi connectivity index (χ0) is 23.5. The minimum Gasteiger partial charge on any atom is -0.465 e. The number of aromatic nitrogens is 2. The number of rotatable bonds is 7. The van der Waals surface area contributed by atoms with E-state index >= 15 is 0 Å². The van der Waals surface area contributed by atoms with Crippen LogP contribution in [0.2, 0.25) is 0 Å². The van der Waals surface area contributed by atoms with E-state index in [0.29, 0.717) is 11.3 Å². The number of hydrogen-bond donors (Lipinski definition) is 3. The van der Waals surface area contributed by atoms with E-state index < -0.39 is 23.6 Å². The van der Waals surface area contributed by atoms with E-state index in [2.05, 4.69) is 15.7 Å². The molecule has 1 aromatic carbocycles. The summed E-state index contributed by atoms with van der Waals surface area (Å²) in [5.41, 5.74) is 2.57. The highest BCUT2D eigenvalue weighted by molar-refractivity contribution is 7.17. The molecule has 0 radical (unpaired) electrons. The average molecular weight is 455 g/mol. The number of nitrogens with one attached hydrogen (secondary N) is 2. The van der Waals surface area contributed by atoms with Gasteiger partial charge in [-0.25, -0.2) is 4.79 Å². The van der Waals surface area contributed by atoms with Gasteiger partial charge in [0.15, 0.2) is 0 Å². The lowest BCUT2D eigenvalue weighted by molar-refractivity contribution is 0.0904. The summed E-state index contributed by atoms with van der Waals surface area (Å²) in [4.78, 5) is 26.4. The molecule has 0 bridgehead atoms. The van der Waals surface area contributed by atoms with Crippen molar-refractivity contribution in [3.63, 3.8) is 0 Å². The number of carboxylic acid groups (broad SMARTS) is 1. The highest BCUT2D eigenvalue weighted by Gasteiger charge is 2.35. The lowest BCUT2D eigenvalue weighted by Gasteiger charge is -2.37. The third kappa shape index (κ3) is 5.56. The van der Waals surface area contributed by atoms with Crippen LogP contribution in [0.15, 0.2) is 48.7 Å². The second-order valence-electron chi connectivity index (χ2n) is 9.03. The molecule has 0 saturated carbocycles. The van der Waals surface area contributed by atoms with Crippen molar-refractivity contribution in [1.82, 2.24) is 20.4 Å². The van der Waals surface area contributed by atoms with Gasteiger partial charge in [0.2, 0.25) is 0 Å². The Kier molecular flexibility index (Phi) is 7.03. The molecule has 0 aliphatic rings. The van der Waals surface area contributed by atoms with Crippen LogP contribution in [0.5, 0.6) is 0 Å². The molecule has 3 aromatic rings. The van der Waals surface area contributed by atoms with E-state index in [9.17, 15) is 14.7 Å². The molecular weight excluding hydrogens is 424 g/mol. The molecule has 3 N–H and O–H groups in total. The van der Waals surface area contributed by atoms with Gasteiger partial charge in [-0.05, 0) is 42.0 Å². The van der Waals surface area contributed by atoms with Crippen molar-refractivity contribution in [2.75, 3.05) is 0 Å². The molecule has 0 aliphatic heterocycles. The molecular formula is C24H30N4O3S. The second kappa shape index (κ2) is 9.56. The molecule has 32 heavy (non-hydrogen) atoms. The van der Waals surface area contributed by atoms with E-state index in [1.54, 1.807) is 10.9 Å². The summed E-state index contributed by atoms with van der Waals surface area (Å²) >= 11 is 1.41. The van der Waals surface area contributed by atoms with Crippen LogP contribution in [-0.4, -0.2) is 39.0 Å². The maximum Gasteiger partial charge on any atom is 0.404 e. The number of carbonyl (C=O) groups excluding carboxylic acids is 1. The fraction of sp³-hybridized carbons (Fsp3) is 0.375.